The number of hydrogen-bond acceptors (Lipinski definition) is 2. The molecule has 1 aliphatic heterocycles. The number of benzene rings is 1. The minimum atomic E-state index is -0.260. The van der Waals surface area contributed by atoms with Crippen molar-refractivity contribution in [3.8, 4) is 5.75 Å². The van der Waals surface area contributed by atoms with Gasteiger partial charge in [0.05, 0.1) is 0 Å². The first-order chi connectivity index (χ1) is 5.75. The van der Waals surface area contributed by atoms with Crippen molar-refractivity contribution in [2.45, 2.75) is 12.5 Å². The first-order valence-electron chi connectivity index (χ1n) is 3.92. The Morgan fingerprint density at radius 1 is 1.46 bits per heavy atom. The van der Waals surface area contributed by atoms with E-state index in [4.69, 9.17) is 10.5 Å². The van der Waals surface area contributed by atoms with Gasteiger partial charge in [0.2, 0.25) is 0 Å². The van der Waals surface area contributed by atoms with Gasteiger partial charge in [0, 0.05) is 12.1 Å². The van der Waals surface area contributed by atoms with Crippen molar-refractivity contribution in [3.05, 3.63) is 29.6 Å². The maximum absolute atomic E-state index is 12.7. The summed E-state index contributed by atoms with van der Waals surface area (Å²) in [6, 6.07) is 4.61. The van der Waals surface area contributed by atoms with Crippen LogP contribution in [0.25, 0.3) is 0 Å². The molecule has 72 valence electrons. The molecule has 2 nitrogen and oxygen atoms in total. The third kappa shape index (κ3) is 2.11. The predicted octanol–water partition coefficient (Wildman–Crippen LogP) is 1.51. The highest BCUT2D eigenvalue weighted by Crippen LogP contribution is 2.24. The molecular weight excluding hydrogens is 193 g/mol. The number of ether oxygens (including phenoxy) is 1. The van der Waals surface area contributed by atoms with Gasteiger partial charge in [-0.1, -0.05) is 6.07 Å². The van der Waals surface area contributed by atoms with Gasteiger partial charge in [-0.2, -0.15) is 0 Å². The summed E-state index contributed by atoms with van der Waals surface area (Å²) in [7, 11) is 0. The summed E-state index contributed by atoms with van der Waals surface area (Å²) in [5.41, 5.74) is 6.66. The van der Waals surface area contributed by atoms with E-state index in [0.29, 0.717) is 12.4 Å². The zero-order chi connectivity index (χ0) is 8.55. The van der Waals surface area contributed by atoms with E-state index in [1.54, 1.807) is 6.07 Å². The van der Waals surface area contributed by atoms with E-state index >= 15 is 0 Å². The van der Waals surface area contributed by atoms with Gasteiger partial charge in [0.15, 0.2) is 0 Å². The van der Waals surface area contributed by atoms with Crippen LogP contribution >= 0.6 is 12.4 Å². The normalized spacial score (nSPS) is 19.7. The maximum atomic E-state index is 12.7. The van der Waals surface area contributed by atoms with Crippen LogP contribution in [0, 0.1) is 5.82 Å². The number of hydrogen-bond donors (Lipinski definition) is 1. The van der Waals surface area contributed by atoms with E-state index in [1.807, 2.05) is 0 Å². The molecule has 0 radical (unpaired) electrons. The molecule has 1 aliphatic rings. The first kappa shape index (κ1) is 10.3. The van der Waals surface area contributed by atoms with Crippen molar-refractivity contribution < 1.29 is 9.13 Å². The molecule has 1 atom stereocenters. The molecule has 0 fully saturated rings. The summed E-state index contributed by atoms with van der Waals surface area (Å²) in [5, 5.41) is 0. The highest BCUT2D eigenvalue weighted by molar-refractivity contribution is 5.85. The third-order valence-electron chi connectivity index (χ3n) is 1.96. The van der Waals surface area contributed by atoms with Crippen LogP contribution in [0.2, 0.25) is 0 Å². The van der Waals surface area contributed by atoms with E-state index in [2.05, 4.69) is 0 Å². The Labute approximate surface area is 82.3 Å². The largest absolute Gasteiger partial charge is 0.492 e. The molecule has 0 spiro atoms. The predicted molar refractivity (Wildman–Crippen MR) is 50.8 cm³/mol. The highest BCUT2D eigenvalue weighted by Gasteiger charge is 2.16. The average Bonchev–Trinajstić information content (AvgIpc) is 2.05. The quantitative estimate of drug-likeness (QED) is 0.694. The summed E-state index contributed by atoms with van der Waals surface area (Å²) in [4.78, 5) is 0. The van der Waals surface area contributed by atoms with Gasteiger partial charge in [0.1, 0.15) is 18.2 Å². The molecular formula is C9H11ClFNO. The fraction of sp³-hybridized carbons (Fsp3) is 0.333. The van der Waals surface area contributed by atoms with E-state index in [-0.39, 0.29) is 24.3 Å². The molecule has 1 aromatic carbocycles. The number of rotatable bonds is 0. The van der Waals surface area contributed by atoms with Gasteiger partial charge in [0.25, 0.3) is 0 Å². The van der Waals surface area contributed by atoms with Crippen LogP contribution < -0.4 is 10.5 Å². The fourth-order valence-electron chi connectivity index (χ4n) is 1.37. The molecule has 2 N–H and O–H groups in total. The summed E-state index contributed by atoms with van der Waals surface area (Å²) < 4.78 is 17.9. The molecule has 0 saturated heterocycles. The fourth-order valence-corrected chi connectivity index (χ4v) is 1.37. The second-order valence-electron chi connectivity index (χ2n) is 3.03. The second kappa shape index (κ2) is 3.94. The van der Waals surface area contributed by atoms with Gasteiger partial charge in [-0.3, -0.25) is 0 Å². The van der Waals surface area contributed by atoms with Crippen molar-refractivity contribution in [3.63, 3.8) is 0 Å². The number of halogens is 2. The van der Waals surface area contributed by atoms with Crippen molar-refractivity contribution >= 4 is 12.4 Å². The Kier molecular flexibility index (Phi) is 3.12. The van der Waals surface area contributed by atoms with Gasteiger partial charge >= 0.3 is 0 Å². The molecule has 1 unspecified atom stereocenters. The lowest BCUT2D eigenvalue weighted by Gasteiger charge is -2.21. The maximum Gasteiger partial charge on any atom is 0.126 e. The number of fused-ring (bicyclic) bond motifs is 1. The standard InChI is InChI=1S/C9H10FNO.ClH/c10-7-2-1-6-3-8(11)5-12-9(6)4-7;/h1-2,4,8H,3,5,11H2;1H. The van der Waals surface area contributed by atoms with Crippen LogP contribution in [0.15, 0.2) is 18.2 Å². The monoisotopic (exact) mass is 203 g/mol. The molecule has 4 heteroatoms. The molecule has 13 heavy (non-hydrogen) atoms. The lowest BCUT2D eigenvalue weighted by molar-refractivity contribution is 0.262. The van der Waals surface area contributed by atoms with Crippen LogP contribution in [0.5, 0.6) is 5.75 Å². The molecule has 0 aromatic heterocycles. The SMILES string of the molecule is Cl.NC1COc2cc(F)ccc2C1. The van der Waals surface area contributed by atoms with Crippen LogP contribution in [0.4, 0.5) is 4.39 Å². The Balaban J connectivity index is 0.000000845. The summed E-state index contributed by atoms with van der Waals surface area (Å²) >= 11 is 0. The van der Waals surface area contributed by atoms with Crippen molar-refractivity contribution in [1.29, 1.82) is 0 Å². The molecule has 0 bridgehead atoms. The van der Waals surface area contributed by atoms with Crippen molar-refractivity contribution in [2.24, 2.45) is 5.73 Å². The van der Waals surface area contributed by atoms with Crippen LogP contribution in [0.3, 0.4) is 0 Å². The Morgan fingerprint density at radius 2 is 2.23 bits per heavy atom. The summed E-state index contributed by atoms with van der Waals surface area (Å²) in [5.74, 6) is 0.376. The van der Waals surface area contributed by atoms with E-state index in [9.17, 15) is 4.39 Å². The Morgan fingerprint density at radius 3 is 3.00 bits per heavy atom. The second-order valence-corrected chi connectivity index (χ2v) is 3.03. The van der Waals surface area contributed by atoms with Crippen molar-refractivity contribution in [2.75, 3.05) is 6.61 Å². The summed E-state index contributed by atoms with van der Waals surface area (Å²) in [6.07, 6.45) is 0.773. The highest BCUT2D eigenvalue weighted by atomic mass is 35.5. The number of nitrogens with two attached hydrogens (primary N) is 1. The molecule has 0 aliphatic carbocycles. The summed E-state index contributed by atoms with van der Waals surface area (Å²) in [6.45, 7) is 0.483. The van der Waals surface area contributed by atoms with Gasteiger partial charge < -0.3 is 10.5 Å². The third-order valence-corrected chi connectivity index (χ3v) is 1.96. The topological polar surface area (TPSA) is 35.2 Å². The van der Waals surface area contributed by atoms with Gasteiger partial charge in [-0.15, -0.1) is 12.4 Å². The van der Waals surface area contributed by atoms with E-state index in [0.717, 1.165) is 12.0 Å². The minimum absolute atomic E-state index is 0. The van der Waals surface area contributed by atoms with Gasteiger partial charge in [-0.25, -0.2) is 4.39 Å². The van der Waals surface area contributed by atoms with Crippen molar-refractivity contribution in [1.82, 2.24) is 0 Å². The van der Waals surface area contributed by atoms with E-state index in [1.165, 1.54) is 12.1 Å². The molecule has 2 rings (SSSR count). The van der Waals surface area contributed by atoms with E-state index < -0.39 is 0 Å². The molecule has 0 saturated carbocycles. The smallest absolute Gasteiger partial charge is 0.126 e. The first-order valence-corrected chi connectivity index (χ1v) is 3.92. The minimum Gasteiger partial charge on any atom is -0.492 e. The molecule has 1 aromatic rings. The van der Waals surface area contributed by atoms with Crippen LogP contribution in [-0.2, 0) is 6.42 Å². The zero-order valence-corrected chi connectivity index (χ0v) is 7.81. The Bertz CT molecular complexity index is 306. The lowest BCUT2D eigenvalue weighted by atomic mass is 10.0. The molecule has 0 amide bonds. The van der Waals surface area contributed by atoms with Crippen LogP contribution in [-0.4, -0.2) is 12.6 Å². The average molecular weight is 204 g/mol. The zero-order valence-electron chi connectivity index (χ0n) is 7.00. The lowest BCUT2D eigenvalue weighted by Crippen LogP contribution is -2.33. The molecule has 1 heterocycles. The Hall–Kier alpha value is -0.800. The van der Waals surface area contributed by atoms with Gasteiger partial charge in [-0.05, 0) is 18.1 Å². The van der Waals surface area contributed by atoms with Crippen LogP contribution in [0.1, 0.15) is 5.56 Å².